The van der Waals surface area contributed by atoms with Gasteiger partial charge in [0.1, 0.15) is 0 Å². The van der Waals surface area contributed by atoms with Crippen LogP contribution in [0.3, 0.4) is 0 Å². The maximum atomic E-state index is 8.81. The zero-order valence-corrected chi connectivity index (χ0v) is 10.3. The van der Waals surface area contributed by atoms with Crippen LogP contribution in [0.5, 0.6) is 0 Å². The van der Waals surface area contributed by atoms with Crippen molar-refractivity contribution in [3.05, 3.63) is 0 Å². The molecule has 0 bridgehead atoms. The Hall–Kier alpha value is 0.951. The van der Waals surface area contributed by atoms with Crippen LogP contribution < -0.4 is 0 Å². The van der Waals surface area contributed by atoms with Crippen LogP contribution in [-0.4, -0.2) is 69.7 Å². The van der Waals surface area contributed by atoms with Gasteiger partial charge in [-0.3, -0.25) is 9.59 Å². The van der Waals surface area contributed by atoms with Gasteiger partial charge in [0.2, 0.25) is 0 Å². The molecule has 9 heavy (non-hydrogen) atoms. The normalized spacial score (nSPS) is 5.33. The molecule has 0 spiro atoms. The first kappa shape index (κ1) is 16.5. The monoisotopic (exact) mass is 292 g/mol. The predicted octanol–water partition coefficient (Wildman–Crippen LogP) is 0.0418. The van der Waals surface area contributed by atoms with Crippen LogP contribution in [0.25, 0.3) is 0 Å². The molecule has 0 aliphatic rings. The Bertz CT molecular complexity index is 74.6. The third-order valence-corrected chi connectivity index (χ3v) is 0. The summed E-state index contributed by atoms with van der Waals surface area (Å²) in [5, 5.41) is 12.0. The van der Waals surface area contributed by atoms with E-state index >= 15 is 0 Å². The van der Waals surface area contributed by atoms with E-state index in [1.54, 1.807) is 0 Å². The van der Waals surface area contributed by atoms with Gasteiger partial charge in [-0.15, -0.1) is 0 Å². The zero-order chi connectivity index (χ0) is 7.15. The van der Waals surface area contributed by atoms with E-state index in [0.717, 1.165) is 0 Å². The molecule has 4 nitrogen and oxygen atoms in total. The van der Waals surface area contributed by atoms with E-state index in [9.17, 15) is 0 Å². The molecule has 0 fully saturated rings. The fourth-order valence-electron chi connectivity index (χ4n) is 0. The topological polar surface area (TPSA) is 74.6 Å². The molecule has 0 aliphatic heterocycles. The molecule has 0 saturated heterocycles. The Morgan fingerprint density at radius 2 is 1.00 bits per heavy atom. The van der Waals surface area contributed by atoms with Crippen LogP contribution in [-0.2, 0) is 25.3 Å². The van der Waals surface area contributed by atoms with Gasteiger partial charge in [-0.2, -0.15) is 0 Å². The molecule has 0 aromatic heterocycles. The maximum Gasteiger partial charge on any atom is 2.00 e. The Kier molecular flexibility index (Phi) is 21.5. The molecule has 0 radical (unpaired) electrons. The van der Waals surface area contributed by atoms with Crippen molar-refractivity contribution in [2.24, 2.45) is 0 Å². The van der Waals surface area contributed by atoms with Crippen molar-refractivity contribution >= 4 is 84.7 Å². The second-order valence-corrected chi connectivity index (χ2v) is 1.23. The first-order valence-electron chi connectivity index (χ1n) is 1.26. The van der Waals surface area contributed by atoms with E-state index in [1.807, 2.05) is 0 Å². The summed E-state index contributed by atoms with van der Waals surface area (Å²) in [5.74, 6) is 0. The van der Waals surface area contributed by atoms with Gasteiger partial charge in [-0.25, -0.2) is 0 Å². The quantitative estimate of drug-likeness (QED) is 0.485. The largest absolute Gasteiger partial charge is 2.00 e. The van der Waals surface area contributed by atoms with Crippen LogP contribution in [0.15, 0.2) is 0 Å². The number of carbonyl (C=O) groups is 2. The van der Waals surface area contributed by atoms with Crippen molar-refractivity contribution in [3.63, 3.8) is 0 Å². The van der Waals surface area contributed by atoms with Gasteiger partial charge >= 0.3 is 48.9 Å². The number of hydrogen-bond donors (Lipinski definition) is 2. The van der Waals surface area contributed by atoms with Crippen LogP contribution in [0, 0.1) is 0 Å². The van der Waals surface area contributed by atoms with Crippen molar-refractivity contribution in [1.82, 2.24) is 0 Å². The van der Waals surface area contributed by atoms with Crippen molar-refractivity contribution in [2.75, 3.05) is 0 Å². The summed E-state index contributed by atoms with van der Waals surface area (Å²) >= 11 is 7.07. The molecule has 0 rings (SSSR count). The van der Waals surface area contributed by atoms with Gasteiger partial charge in [0.05, 0.1) is 0 Å². The summed E-state index contributed by atoms with van der Waals surface area (Å²) in [7, 11) is 0. The zero-order valence-electron chi connectivity index (χ0n) is 4.23. The molecule has 0 unspecified atom stereocenters. The van der Waals surface area contributed by atoms with E-state index in [0.29, 0.717) is 0 Å². The minimum absolute atomic E-state index is 0. The molecule has 0 aromatic carbocycles. The van der Waals surface area contributed by atoms with Gasteiger partial charge in [-0.1, -0.05) is 0 Å². The maximum absolute atomic E-state index is 8.81. The summed E-state index contributed by atoms with van der Waals surface area (Å²) in [6.07, 6.45) is 0. The summed E-state index contributed by atoms with van der Waals surface area (Å²) < 4.78 is 0. The Morgan fingerprint density at radius 1 is 1.00 bits per heavy atom. The van der Waals surface area contributed by atoms with Gasteiger partial charge < -0.3 is 35.5 Å². The van der Waals surface area contributed by atoms with Crippen LogP contribution in [0.2, 0.25) is 0 Å². The molecule has 0 atom stereocenters. The molecule has 7 heteroatoms. The fraction of sp³-hybridized carbons (Fsp3) is 0. The molecular weight excluding hydrogens is 289 g/mol. The van der Waals surface area contributed by atoms with E-state index in [1.165, 1.54) is 0 Å². The third-order valence-electron chi connectivity index (χ3n) is 0. The molecule has 2 N–H and O–H groups in total. The summed E-state index contributed by atoms with van der Waals surface area (Å²) in [5.41, 5.74) is 0. The smallest absolute Gasteiger partial charge is 0.698 e. The van der Waals surface area contributed by atoms with Gasteiger partial charge in [0.25, 0.3) is 0 Å². The number of hydrogen-bond acceptors (Lipinski definition) is 4. The third kappa shape index (κ3) is 478. The summed E-state index contributed by atoms with van der Waals surface area (Å²) in [4.78, 5) is 17.6. The Balaban J connectivity index is -0.0000000720. The summed E-state index contributed by atoms with van der Waals surface area (Å²) in [6.45, 7) is 0. The van der Waals surface area contributed by atoms with Gasteiger partial charge in [0.15, 0.2) is 10.6 Å². The molecule has 0 heterocycles. The Morgan fingerprint density at radius 3 is 1.00 bits per heavy atom. The molecule has 0 amide bonds. The minimum atomic E-state index is -1.25. The molecule has 0 saturated carbocycles. The first-order valence-corrected chi connectivity index (χ1v) is 2.08. The summed E-state index contributed by atoms with van der Waals surface area (Å²) in [6, 6.07) is 0. The van der Waals surface area contributed by atoms with Crippen molar-refractivity contribution in [3.8, 4) is 0 Å². The van der Waals surface area contributed by atoms with Crippen LogP contribution >= 0.6 is 0 Å². The fourth-order valence-corrected chi connectivity index (χ4v) is 0. The van der Waals surface area contributed by atoms with Crippen molar-refractivity contribution in [2.45, 2.75) is 0 Å². The van der Waals surface area contributed by atoms with Crippen LogP contribution in [0.4, 0.5) is 9.59 Å². The standard InChI is InChI=1S/2CH2O2S.Ba/c2*2-1(3)4;/h2*4H,(H,2,3);/q;;+2/p-2. The average Bonchev–Trinajstić information content (AvgIpc) is 1.25. The van der Waals surface area contributed by atoms with Gasteiger partial charge in [-0.05, 0) is 0 Å². The minimum Gasteiger partial charge on any atom is -0.698 e. The van der Waals surface area contributed by atoms with Crippen molar-refractivity contribution in [1.29, 1.82) is 0 Å². The van der Waals surface area contributed by atoms with Crippen LogP contribution in [0.1, 0.15) is 0 Å². The second kappa shape index (κ2) is 11.7. The van der Waals surface area contributed by atoms with E-state index < -0.39 is 10.6 Å². The van der Waals surface area contributed by atoms with E-state index in [2.05, 4.69) is 25.3 Å². The molecule has 0 aromatic rings. The molecule has 48 valence electrons. The second-order valence-electron chi connectivity index (χ2n) is 0.532. The van der Waals surface area contributed by atoms with E-state index in [-0.39, 0.29) is 48.9 Å². The first-order chi connectivity index (χ1) is 3.46. The SMILES string of the molecule is O=C(O)[S-].O=C(O)[S-].[Ba+2]. The predicted molar refractivity (Wildman–Crippen MR) is 36.5 cm³/mol. The van der Waals surface area contributed by atoms with Crippen molar-refractivity contribution < 1.29 is 19.8 Å². The molecule has 0 aliphatic carbocycles. The van der Waals surface area contributed by atoms with E-state index in [4.69, 9.17) is 19.8 Å². The van der Waals surface area contributed by atoms with Gasteiger partial charge in [0, 0.05) is 0 Å². The molecular formula is C2H2BaO4S2. The average molecular weight is 291 g/mol. The Labute approximate surface area is 103 Å². The number of rotatable bonds is 0. The number of carboxylic acid groups (broad SMARTS) is 2.